The Bertz CT molecular complexity index is 876. The molecule has 0 aliphatic rings. The molecule has 2 heterocycles. The summed E-state index contributed by atoms with van der Waals surface area (Å²) in [4.78, 5) is 4.71. The predicted octanol–water partition coefficient (Wildman–Crippen LogP) is 4.65. The summed E-state index contributed by atoms with van der Waals surface area (Å²) in [7, 11) is 0. The van der Waals surface area contributed by atoms with Crippen LogP contribution in [0.1, 0.15) is 0 Å². The van der Waals surface area contributed by atoms with E-state index in [4.69, 9.17) is 9.40 Å². The van der Waals surface area contributed by atoms with Gasteiger partial charge in [0.25, 0.3) is 0 Å². The van der Waals surface area contributed by atoms with Crippen molar-refractivity contribution in [1.29, 1.82) is 0 Å². The van der Waals surface area contributed by atoms with Gasteiger partial charge in [-0.25, -0.2) is 4.98 Å². The topological polar surface area (TPSA) is 26.0 Å². The Morgan fingerprint density at radius 2 is 1.63 bits per heavy atom. The van der Waals surface area contributed by atoms with Crippen LogP contribution in [-0.4, -0.2) is 4.98 Å². The highest BCUT2D eigenvalue weighted by Gasteiger charge is 2.08. The van der Waals surface area contributed by atoms with E-state index in [2.05, 4.69) is 18.2 Å². The van der Waals surface area contributed by atoms with E-state index in [0.29, 0.717) is 0 Å². The smallest absolute Gasteiger partial charge is 0.134 e. The number of furan rings is 1. The van der Waals surface area contributed by atoms with E-state index in [0.717, 1.165) is 33.1 Å². The third-order valence-electron chi connectivity index (χ3n) is 3.36. The number of pyridine rings is 1. The highest BCUT2D eigenvalue weighted by Crippen LogP contribution is 2.30. The Kier molecular flexibility index (Phi) is 2.15. The van der Waals surface area contributed by atoms with Gasteiger partial charge in [-0.1, -0.05) is 42.5 Å². The molecule has 0 radical (unpaired) electrons. The van der Waals surface area contributed by atoms with E-state index in [1.165, 1.54) is 0 Å². The Labute approximate surface area is 110 Å². The summed E-state index contributed by atoms with van der Waals surface area (Å²) < 4.78 is 5.58. The van der Waals surface area contributed by atoms with E-state index in [1.807, 2.05) is 42.5 Å². The molecule has 0 aliphatic heterocycles. The monoisotopic (exact) mass is 245 g/mol. The summed E-state index contributed by atoms with van der Waals surface area (Å²) in [5, 5.41) is 2.25. The van der Waals surface area contributed by atoms with Gasteiger partial charge < -0.3 is 4.42 Å². The lowest BCUT2D eigenvalue weighted by Gasteiger charge is -2.01. The van der Waals surface area contributed by atoms with Crippen molar-refractivity contribution in [2.24, 2.45) is 0 Å². The SMILES string of the molecule is c1ccc2nc(-c3coc4ccccc34)ccc2c1. The molecule has 0 amide bonds. The van der Waals surface area contributed by atoms with Crippen molar-refractivity contribution in [2.75, 3.05) is 0 Å². The molecule has 0 aliphatic carbocycles. The third kappa shape index (κ3) is 1.61. The van der Waals surface area contributed by atoms with Gasteiger partial charge in [0.15, 0.2) is 0 Å². The molecule has 4 rings (SSSR count). The molecule has 2 aromatic heterocycles. The van der Waals surface area contributed by atoms with Gasteiger partial charge in [0.05, 0.1) is 11.2 Å². The second kappa shape index (κ2) is 3.95. The number of nitrogens with zero attached hydrogens (tertiary/aromatic N) is 1. The van der Waals surface area contributed by atoms with Gasteiger partial charge in [-0.05, 0) is 18.2 Å². The number of fused-ring (bicyclic) bond motifs is 2. The second-order valence-electron chi connectivity index (χ2n) is 4.53. The average molecular weight is 245 g/mol. The lowest BCUT2D eigenvalue weighted by molar-refractivity contribution is 0.617. The number of aromatic nitrogens is 1. The first-order chi connectivity index (χ1) is 9.42. The first-order valence-electron chi connectivity index (χ1n) is 6.24. The summed E-state index contributed by atoms with van der Waals surface area (Å²) in [5.74, 6) is 0. The minimum atomic E-state index is 0.896. The molecule has 0 N–H and O–H groups in total. The maximum absolute atomic E-state index is 5.58. The molecule has 0 spiro atoms. The van der Waals surface area contributed by atoms with Crippen LogP contribution in [0.2, 0.25) is 0 Å². The van der Waals surface area contributed by atoms with Crippen molar-refractivity contribution in [2.45, 2.75) is 0 Å². The lowest BCUT2D eigenvalue weighted by atomic mass is 10.1. The first kappa shape index (κ1) is 10.3. The molecular weight excluding hydrogens is 234 g/mol. The third-order valence-corrected chi connectivity index (χ3v) is 3.36. The fourth-order valence-corrected chi connectivity index (χ4v) is 2.39. The maximum atomic E-state index is 5.58. The summed E-state index contributed by atoms with van der Waals surface area (Å²) in [6.45, 7) is 0. The molecule has 0 unspecified atom stereocenters. The quantitative estimate of drug-likeness (QED) is 0.488. The van der Waals surface area contributed by atoms with Crippen molar-refractivity contribution in [3.05, 3.63) is 66.9 Å². The average Bonchev–Trinajstić information content (AvgIpc) is 2.91. The Morgan fingerprint density at radius 1 is 0.789 bits per heavy atom. The molecule has 90 valence electrons. The fourth-order valence-electron chi connectivity index (χ4n) is 2.39. The van der Waals surface area contributed by atoms with E-state index < -0.39 is 0 Å². The van der Waals surface area contributed by atoms with E-state index >= 15 is 0 Å². The molecule has 0 saturated heterocycles. The second-order valence-corrected chi connectivity index (χ2v) is 4.53. The van der Waals surface area contributed by atoms with Crippen LogP contribution >= 0.6 is 0 Å². The molecule has 2 aromatic carbocycles. The van der Waals surface area contributed by atoms with Crippen molar-refractivity contribution in [3.63, 3.8) is 0 Å². The zero-order valence-corrected chi connectivity index (χ0v) is 10.2. The molecule has 0 bridgehead atoms. The Balaban J connectivity index is 1.99. The minimum Gasteiger partial charge on any atom is -0.464 e. The van der Waals surface area contributed by atoms with Crippen LogP contribution in [0.3, 0.4) is 0 Å². The van der Waals surface area contributed by atoms with Gasteiger partial charge >= 0.3 is 0 Å². The number of para-hydroxylation sites is 2. The Hall–Kier alpha value is -2.61. The van der Waals surface area contributed by atoms with Gasteiger partial charge in [0, 0.05) is 16.3 Å². The molecule has 19 heavy (non-hydrogen) atoms. The van der Waals surface area contributed by atoms with Gasteiger partial charge in [-0.15, -0.1) is 0 Å². The minimum absolute atomic E-state index is 0.896. The highest BCUT2D eigenvalue weighted by atomic mass is 16.3. The molecule has 0 fully saturated rings. The van der Waals surface area contributed by atoms with Gasteiger partial charge in [-0.3, -0.25) is 0 Å². The fraction of sp³-hybridized carbons (Fsp3) is 0. The Morgan fingerprint density at radius 3 is 2.63 bits per heavy atom. The van der Waals surface area contributed by atoms with Crippen LogP contribution < -0.4 is 0 Å². The highest BCUT2D eigenvalue weighted by molar-refractivity contribution is 5.94. The van der Waals surface area contributed by atoms with Crippen LogP contribution in [-0.2, 0) is 0 Å². The standard InChI is InChI=1S/C17H11NO/c1-3-7-15-12(5-1)9-10-16(18-15)14-11-19-17-8-4-2-6-13(14)17/h1-11H. The molecule has 0 saturated carbocycles. The summed E-state index contributed by atoms with van der Waals surface area (Å²) >= 11 is 0. The molecule has 2 nitrogen and oxygen atoms in total. The van der Waals surface area contributed by atoms with E-state index in [1.54, 1.807) is 6.26 Å². The van der Waals surface area contributed by atoms with Gasteiger partial charge in [0.1, 0.15) is 11.8 Å². The molecule has 0 atom stereocenters. The van der Waals surface area contributed by atoms with Crippen LogP contribution in [0, 0.1) is 0 Å². The van der Waals surface area contributed by atoms with Gasteiger partial charge in [-0.2, -0.15) is 0 Å². The maximum Gasteiger partial charge on any atom is 0.134 e. The number of hydrogen-bond acceptors (Lipinski definition) is 2. The van der Waals surface area contributed by atoms with Crippen molar-refractivity contribution in [1.82, 2.24) is 4.98 Å². The van der Waals surface area contributed by atoms with Crippen LogP contribution in [0.15, 0.2) is 71.3 Å². The summed E-state index contributed by atoms with van der Waals surface area (Å²) in [5.41, 5.74) is 3.89. The van der Waals surface area contributed by atoms with Crippen LogP contribution in [0.4, 0.5) is 0 Å². The summed E-state index contributed by atoms with van der Waals surface area (Å²) in [6.07, 6.45) is 1.78. The zero-order chi connectivity index (χ0) is 12.7. The van der Waals surface area contributed by atoms with Crippen LogP contribution in [0.25, 0.3) is 33.1 Å². The lowest BCUT2D eigenvalue weighted by Crippen LogP contribution is -1.83. The van der Waals surface area contributed by atoms with Crippen molar-refractivity contribution < 1.29 is 4.42 Å². The predicted molar refractivity (Wildman–Crippen MR) is 77.0 cm³/mol. The normalized spacial score (nSPS) is 11.2. The van der Waals surface area contributed by atoms with Crippen molar-refractivity contribution in [3.8, 4) is 11.3 Å². The number of rotatable bonds is 1. The number of benzene rings is 2. The summed E-state index contributed by atoms with van der Waals surface area (Å²) in [6, 6.07) is 20.3. The van der Waals surface area contributed by atoms with E-state index in [9.17, 15) is 0 Å². The molecule has 2 heteroatoms. The molecular formula is C17H11NO. The largest absolute Gasteiger partial charge is 0.464 e. The van der Waals surface area contributed by atoms with Crippen molar-refractivity contribution >= 4 is 21.9 Å². The van der Waals surface area contributed by atoms with E-state index in [-0.39, 0.29) is 0 Å². The molecule has 4 aromatic rings. The van der Waals surface area contributed by atoms with Crippen LogP contribution in [0.5, 0.6) is 0 Å². The first-order valence-corrected chi connectivity index (χ1v) is 6.24. The van der Waals surface area contributed by atoms with Gasteiger partial charge in [0.2, 0.25) is 0 Å². The zero-order valence-electron chi connectivity index (χ0n) is 10.2. The number of hydrogen-bond donors (Lipinski definition) is 0.